The first-order valence-electron chi connectivity index (χ1n) is 9.07. The second kappa shape index (κ2) is 8.81. The van der Waals surface area contributed by atoms with Crippen LogP contribution in [0.4, 0.5) is 4.39 Å². The Kier molecular flexibility index (Phi) is 6.23. The Morgan fingerprint density at radius 1 is 1.15 bits per heavy atom. The maximum atomic E-state index is 12.9. The number of halogens is 1. The molecule has 2 aromatic carbocycles. The fourth-order valence-corrected chi connectivity index (χ4v) is 2.69. The number of ether oxygens (including phenoxy) is 1. The third-order valence-electron chi connectivity index (χ3n) is 4.49. The van der Waals surface area contributed by atoms with Gasteiger partial charge < -0.3 is 15.4 Å². The third kappa shape index (κ3) is 5.85. The predicted molar refractivity (Wildman–Crippen MR) is 99.3 cm³/mol. The van der Waals surface area contributed by atoms with E-state index in [2.05, 4.69) is 10.6 Å². The standard InChI is InChI=1S/C21H25FN2O2/c1-15(24-21(25)13-23-12-16-2-3-16)18-6-10-20(11-7-18)26-14-17-4-8-19(22)9-5-17/h4-11,15-16,23H,2-3,12-14H2,1H3,(H,24,25). The summed E-state index contributed by atoms with van der Waals surface area (Å²) in [5, 5.41) is 6.19. The summed E-state index contributed by atoms with van der Waals surface area (Å²) in [4.78, 5) is 12.0. The van der Waals surface area contributed by atoms with Gasteiger partial charge in [-0.2, -0.15) is 0 Å². The molecule has 1 aliphatic rings. The second-order valence-electron chi connectivity index (χ2n) is 6.85. The lowest BCUT2D eigenvalue weighted by Crippen LogP contribution is -2.36. The van der Waals surface area contributed by atoms with E-state index in [0.717, 1.165) is 29.3 Å². The van der Waals surface area contributed by atoms with Gasteiger partial charge in [-0.25, -0.2) is 4.39 Å². The topological polar surface area (TPSA) is 50.4 Å². The maximum absolute atomic E-state index is 12.9. The Labute approximate surface area is 153 Å². The number of benzene rings is 2. The molecule has 1 fully saturated rings. The molecule has 0 aromatic heterocycles. The summed E-state index contributed by atoms with van der Waals surface area (Å²) < 4.78 is 18.6. The fourth-order valence-electron chi connectivity index (χ4n) is 2.69. The zero-order valence-electron chi connectivity index (χ0n) is 15.0. The van der Waals surface area contributed by atoms with E-state index in [0.29, 0.717) is 13.2 Å². The smallest absolute Gasteiger partial charge is 0.234 e. The van der Waals surface area contributed by atoms with Gasteiger partial charge in [-0.1, -0.05) is 24.3 Å². The summed E-state index contributed by atoms with van der Waals surface area (Å²) in [6, 6.07) is 13.9. The van der Waals surface area contributed by atoms with Crippen LogP contribution < -0.4 is 15.4 Å². The molecule has 2 aromatic rings. The quantitative estimate of drug-likeness (QED) is 0.722. The van der Waals surface area contributed by atoms with Crippen LogP contribution in [0.3, 0.4) is 0 Å². The van der Waals surface area contributed by atoms with E-state index in [-0.39, 0.29) is 17.8 Å². The van der Waals surface area contributed by atoms with Crippen molar-refractivity contribution in [3.8, 4) is 5.75 Å². The summed E-state index contributed by atoms with van der Waals surface area (Å²) >= 11 is 0. The summed E-state index contributed by atoms with van der Waals surface area (Å²) in [5.74, 6) is 1.26. The van der Waals surface area contributed by atoms with Crippen molar-refractivity contribution in [3.63, 3.8) is 0 Å². The van der Waals surface area contributed by atoms with Crippen LogP contribution in [0.15, 0.2) is 48.5 Å². The van der Waals surface area contributed by atoms with Crippen molar-refractivity contribution in [1.82, 2.24) is 10.6 Å². The molecule has 26 heavy (non-hydrogen) atoms. The van der Waals surface area contributed by atoms with Crippen LogP contribution in [0.2, 0.25) is 0 Å². The van der Waals surface area contributed by atoms with Gasteiger partial charge in [0.2, 0.25) is 5.91 Å². The van der Waals surface area contributed by atoms with E-state index >= 15 is 0 Å². The third-order valence-corrected chi connectivity index (χ3v) is 4.49. The highest BCUT2D eigenvalue weighted by Gasteiger charge is 2.20. The van der Waals surface area contributed by atoms with Gasteiger partial charge in [-0.3, -0.25) is 4.79 Å². The molecular weight excluding hydrogens is 331 g/mol. The van der Waals surface area contributed by atoms with Gasteiger partial charge in [0, 0.05) is 0 Å². The molecule has 1 unspecified atom stereocenters. The molecule has 4 nitrogen and oxygen atoms in total. The van der Waals surface area contributed by atoms with Crippen molar-refractivity contribution in [1.29, 1.82) is 0 Å². The molecule has 0 aliphatic heterocycles. The molecule has 1 atom stereocenters. The number of carbonyl (C=O) groups excluding carboxylic acids is 1. The molecule has 1 saturated carbocycles. The van der Waals surface area contributed by atoms with Crippen molar-refractivity contribution >= 4 is 5.91 Å². The van der Waals surface area contributed by atoms with Gasteiger partial charge >= 0.3 is 0 Å². The molecule has 1 aliphatic carbocycles. The monoisotopic (exact) mass is 356 g/mol. The van der Waals surface area contributed by atoms with Crippen LogP contribution in [-0.2, 0) is 11.4 Å². The SMILES string of the molecule is CC(NC(=O)CNCC1CC1)c1ccc(OCc2ccc(F)cc2)cc1. The zero-order valence-corrected chi connectivity index (χ0v) is 15.0. The first kappa shape index (κ1) is 18.4. The molecule has 2 N–H and O–H groups in total. The predicted octanol–water partition coefficient (Wildman–Crippen LogP) is 3.58. The summed E-state index contributed by atoms with van der Waals surface area (Å²) in [7, 11) is 0. The Morgan fingerprint density at radius 3 is 2.50 bits per heavy atom. The van der Waals surface area contributed by atoms with Crippen LogP contribution in [0, 0.1) is 11.7 Å². The highest BCUT2D eigenvalue weighted by molar-refractivity contribution is 5.78. The van der Waals surface area contributed by atoms with Crippen molar-refractivity contribution in [3.05, 3.63) is 65.5 Å². The lowest BCUT2D eigenvalue weighted by Gasteiger charge is -2.15. The van der Waals surface area contributed by atoms with E-state index in [1.807, 2.05) is 31.2 Å². The van der Waals surface area contributed by atoms with Crippen LogP contribution in [0.5, 0.6) is 5.75 Å². The summed E-state index contributed by atoms with van der Waals surface area (Å²) in [5.41, 5.74) is 1.93. The second-order valence-corrected chi connectivity index (χ2v) is 6.85. The molecule has 0 spiro atoms. The molecular formula is C21H25FN2O2. The minimum atomic E-state index is -0.253. The minimum Gasteiger partial charge on any atom is -0.489 e. The first-order valence-corrected chi connectivity index (χ1v) is 9.07. The molecule has 0 bridgehead atoms. The van der Waals surface area contributed by atoms with Crippen LogP contribution >= 0.6 is 0 Å². The van der Waals surface area contributed by atoms with E-state index < -0.39 is 0 Å². The highest BCUT2D eigenvalue weighted by Crippen LogP contribution is 2.27. The molecule has 0 saturated heterocycles. The number of nitrogens with one attached hydrogen (secondary N) is 2. The van der Waals surface area contributed by atoms with E-state index in [1.165, 1.54) is 25.0 Å². The van der Waals surface area contributed by atoms with Crippen molar-refractivity contribution in [2.75, 3.05) is 13.1 Å². The van der Waals surface area contributed by atoms with Crippen molar-refractivity contribution in [2.45, 2.75) is 32.4 Å². The highest BCUT2D eigenvalue weighted by atomic mass is 19.1. The average molecular weight is 356 g/mol. The van der Waals surface area contributed by atoms with Gasteiger partial charge in [-0.15, -0.1) is 0 Å². The number of rotatable bonds is 9. The van der Waals surface area contributed by atoms with Gasteiger partial charge in [0.25, 0.3) is 0 Å². The largest absolute Gasteiger partial charge is 0.489 e. The average Bonchev–Trinajstić information content (AvgIpc) is 3.46. The van der Waals surface area contributed by atoms with Crippen LogP contribution in [0.25, 0.3) is 0 Å². The summed E-state index contributed by atoms with van der Waals surface area (Å²) in [6.45, 7) is 3.65. The van der Waals surface area contributed by atoms with Crippen molar-refractivity contribution in [2.24, 2.45) is 5.92 Å². The van der Waals surface area contributed by atoms with Crippen LogP contribution in [0.1, 0.15) is 36.9 Å². The zero-order chi connectivity index (χ0) is 18.4. The maximum Gasteiger partial charge on any atom is 0.234 e. The van der Waals surface area contributed by atoms with E-state index in [9.17, 15) is 9.18 Å². The minimum absolute atomic E-state index is 0.00906. The van der Waals surface area contributed by atoms with Crippen molar-refractivity contribution < 1.29 is 13.9 Å². The van der Waals surface area contributed by atoms with Gasteiger partial charge in [0.15, 0.2) is 0 Å². The van der Waals surface area contributed by atoms with Gasteiger partial charge in [-0.05, 0) is 67.6 Å². The number of amides is 1. The molecule has 138 valence electrons. The van der Waals surface area contributed by atoms with E-state index in [1.54, 1.807) is 12.1 Å². The summed E-state index contributed by atoms with van der Waals surface area (Å²) in [6.07, 6.45) is 2.56. The Bertz CT molecular complexity index is 712. The Morgan fingerprint density at radius 2 is 1.85 bits per heavy atom. The molecule has 0 heterocycles. The number of carbonyl (C=O) groups is 1. The lowest BCUT2D eigenvalue weighted by molar-refractivity contribution is -0.120. The first-order chi connectivity index (χ1) is 12.6. The van der Waals surface area contributed by atoms with E-state index in [4.69, 9.17) is 4.74 Å². The molecule has 3 rings (SSSR count). The van der Waals surface area contributed by atoms with Gasteiger partial charge in [0.1, 0.15) is 18.2 Å². The Hall–Kier alpha value is -2.40. The van der Waals surface area contributed by atoms with Gasteiger partial charge in [0.05, 0.1) is 12.6 Å². The molecule has 5 heteroatoms. The normalized spacial score (nSPS) is 14.7. The number of hydrogen-bond donors (Lipinski definition) is 2. The number of hydrogen-bond acceptors (Lipinski definition) is 3. The lowest BCUT2D eigenvalue weighted by atomic mass is 10.1. The fraction of sp³-hybridized carbons (Fsp3) is 0.381. The Balaban J connectivity index is 1.43. The molecule has 1 amide bonds. The van der Waals surface area contributed by atoms with Crippen LogP contribution in [-0.4, -0.2) is 19.0 Å². The molecule has 0 radical (unpaired) electrons.